The van der Waals surface area contributed by atoms with Crippen LogP contribution in [0.2, 0.25) is 0 Å². The van der Waals surface area contributed by atoms with Crippen LogP contribution in [0.3, 0.4) is 0 Å². The summed E-state index contributed by atoms with van der Waals surface area (Å²) in [5.74, 6) is -0.980. The molecule has 0 saturated heterocycles. The summed E-state index contributed by atoms with van der Waals surface area (Å²) in [5.41, 5.74) is 0. The number of hydrogen-bond acceptors (Lipinski definition) is 6. The van der Waals surface area contributed by atoms with Crippen LogP contribution in [0.15, 0.2) is 97.2 Å². The normalized spacial score (nSPS) is 12.9. The van der Waals surface area contributed by atoms with Crippen LogP contribution in [0.4, 0.5) is 0 Å². The Balaban J connectivity index is 4.32. The predicted molar refractivity (Wildman–Crippen MR) is 256 cm³/mol. The van der Waals surface area contributed by atoms with Crippen molar-refractivity contribution in [2.24, 2.45) is 0 Å². The molecule has 0 fully saturated rings. The number of carbonyl (C=O) groups is 3. The predicted octanol–water partition coefficient (Wildman–Crippen LogP) is 15.8. The molecule has 0 heterocycles. The van der Waals surface area contributed by atoms with Gasteiger partial charge in [-0.3, -0.25) is 14.4 Å². The van der Waals surface area contributed by atoms with E-state index >= 15 is 0 Å². The Kier molecular flexibility index (Phi) is 45.1. The Morgan fingerprint density at radius 2 is 0.650 bits per heavy atom. The topological polar surface area (TPSA) is 78.9 Å². The van der Waals surface area contributed by atoms with Crippen LogP contribution in [0.25, 0.3) is 0 Å². The van der Waals surface area contributed by atoms with Crippen molar-refractivity contribution in [3.05, 3.63) is 97.2 Å². The van der Waals surface area contributed by atoms with Gasteiger partial charge < -0.3 is 14.2 Å². The molecule has 0 aromatic heterocycles. The highest BCUT2D eigenvalue weighted by molar-refractivity contribution is 5.71. The highest BCUT2D eigenvalue weighted by atomic mass is 16.6. The SMILES string of the molecule is CC/C=C\C/C=C\C/C=C\C/C=C\C/C=C\C/C=C\CCCCC(=O)OCC(COC(=O)CCCCCCC)OC(=O)CCCCCCC/C=C\C/C=C\CCCCCC. The molecule has 0 aliphatic rings. The number of esters is 3. The van der Waals surface area contributed by atoms with E-state index in [0.29, 0.717) is 19.3 Å². The van der Waals surface area contributed by atoms with Crippen molar-refractivity contribution in [1.82, 2.24) is 0 Å². The molecule has 0 aliphatic heterocycles. The minimum absolute atomic E-state index is 0.0994. The lowest BCUT2D eigenvalue weighted by Gasteiger charge is -2.18. The maximum absolute atomic E-state index is 12.7. The van der Waals surface area contributed by atoms with E-state index in [-0.39, 0.29) is 31.1 Å². The first kappa shape index (κ1) is 56.3. The Morgan fingerprint density at radius 3 is 1.07 bits per heavy atom. The second-order valence-electron chi connectivity index (χ2n) is 15.6. The van der Waals surface area contributed by atoms with Crippen LogP contribution >= 0.6 is 0 Å². The summed E-state index contributed by atoms with van der Waals surface area (Å²) in [6.45, 7) is 6.35. The largest absolute Gasteiger partial charge is 0.462 e. The third-order valence-corrected chi connectivity index (χ3v) is 9.82. The first-order valence-electron chi connectivity index (χ1n) is 24.2. The lowest BCUT2D eigenvalue weighted by molar-refractivity contribution is -0.167. The number of rotatable bonds is 42. The van der Waals surface area contributed by atoms with Gasteiger partial charge in [0.05, 0.1) is 0 Å². The molecule has 340 valence electrons. The van der Waals surface area contributed by atoms with E-state index in [1.54, 1.807) is 0 Å². The smallest absolute Gasteiger partial charge is 0.306 e. The monoisotopic (exact) mass is 833 g/mol. The summed E-state index contributed by atoms with van der Waals surface area (Å²) in [6, 6.07) is 0. The van der Waals surface area contributed by atoms with Crippen LogP contribution in [0.5, 0.6) is 0 Å². The number of allylic oxidation sites excluding steroid dienone is 16. The van der Waals surface area contributed by atoms with Gasteiger partial charge in [0.1, 0.15) is 13.2 Å². The van der Waals surface area contributed by atoms with Crippen molar-refractivity contribution in [3.8, 4) is 0 Å². The van der Waals surface area contributed by atoms with Gasteiger partial charge in [-0.1, -0.05) is 182 Å². The van der Waals surface area contributed by atoms with Gasteiger partial charge in [-0.15, -0.1) is 0 Å². The van der Waals surface area contributed by atoms with Crippen molar-refractivity contribution in [3.63, 3.8) is 0 Å². The van der Waals surface area contributed by atoms with Crippen molar-refractivity contribution < 1.29 is 28.6 Å². The molecule has 0 bridgehead atoms. The number of hydrogen-bond donors (Lipinski definition) is 0. The van der Waals surface area contributed by atoms with Gasteiger partial charge in [0.15, 0.2) is 6.10 Å². The Morgan fingerprint density at radius 1 is 0.350 bits per heavy atom. The molecule has 0 aromatic carbocycles. The van der Waals surface area contributed by atoms with Crippen LogP contribution < -0.4 is 0 Å². The molecule has 6 nitrogen and oxygen atoms in total. The second kappa shape index (κ2) is 48.0. The average Bonchev–Trinajstić information content (AvgIpc) is 3.24. The number of unbranched alkanes of at least 4 members (excludes halogenated alkanes) is 15. The summed E-state index contributed by atoms with van der Waals surface area (Å²) >= 11 is 0. The molecule has 0 radical (unpaired) electrons. The molecule has 1 unspecified atom stereocenters. The van der Waals surface area contributed by atoms with Gasteiger partial charge in [-0.2, -0.15) is 0 Å². The molecule has 0 rings (SSSR count). The first-order valence-corrected chi connectivity index (χ1v) is 24.2. The molecule has 0 saturated carbocycles. The first-order chi connectivity index (χ1) is 29.5. The van der Waals surface area contributed by atoms with Gasteiger partial charge >= 0.3 is 17.9 Å². The minimum atomic E-state index is -0.799. The van der Waals surface area contributed by atoms with Gasteiger partial charge in [0, 0.05) is 19.3 Å². The Bertz CT molecular complexity index is 1230. The van der Waals surface area contributed by atoms with Crippen LogP contribution in [0, 0.1) is 0 Å². The molecule has 0 spiro atoms. The van der Waals surface area contributed by atoms with Crippen molar-refractivity contribution in [1.29, 1.82) is 0 Å². The average molecular weight is 833 g/mol. The summed E-state index contributed by atoms with van der Waals surface area (Å²) in [5, 5.41) is 0. The Labute approximate surface area is 368 Å². The van der Waals surface area contributed by atoms with Gasteiger partial charge in [-0.25, -0.2) is 0 Å². The minimum Gasteiger partial charge on any atom is -0.462 e. The summed E-state index contributed by atoms with van der Waals surface area (Å²) in [4.78, 5) is 37.6. The highest BCUT2D eigenvalue weighted by Gasteiger charge is 2.19. The van der Waals surface area contributed by atoms with E-state index in [2.05, 4.69) is 118 Å². The lowest BCUT2D eigenvalue weighted by Crippen LogP contribution is -2.30. The number of ether oxygens (including phenoxy) is 3. The van der Waals surface area contributed by atoms with E-state index < -0.39 is 6.10 Å². The summed E-state index contributed by atoms with van der Waals surface area (Å²) in [6.07, 6.45) is 62.8. The molecule has 0 aromatic rings. The van der Waals surface area contributed by atoms with Gasteiger partial charge in [0.25, 0.3) is 0 Å². The Hall–Kier alpha value is -3.67. The zero-order valence-electron chi connectivity index (χ0n) is 38.7. The van der Waals surface area contributed by atoms with Crippen LogP contribution in [-0.4, -0.2) is 37.2 Å². The van der Waals surface area contributed by atoms with Crippen molar-refractivity contribution >= 4 is 17.9 Å². The maximum Gasteiger partial charge on any atom is 0.306 e. The zero-order chi connectivity index (χ0) is 43.7. The fourth-order valence-electron chi connectivity index (χ4n) is 6.18. The third kappa shape index (κ3) is 45.4. The molecule has 0 amide bonds. The standard InChI is InChI=1S/C54H88O6/c1-4-7-10-13-15-17-19-21-23-25-26-27-28-29-31-32-34-36-38-41-44-47-53(56)59-50-51(49-58-52(55)46-43-40-12-9-6-3)60-54(57)48-45-42-39-37-35-33-30-24-22-20-18-16-14-11-8-5-2/h7,10,15,17-18,20-21,23-24,26-27,29-31,34,36,51H,4-6,8-9,11-14,16,19,22,25,28,32-33,35,37-50H2,1-3H3/b10-7-,17-15-,20-18-,23-21-,27-26-,30-24-,31-29-,36-34-. The molecule has 60 heavy (non-hydrogen) atoms. The third-order valence-electron chi connectivity index (χ3n) is 9.82. The van der Waals surface area contributed by atoms with Crippen LogP contribution in [0.1, 0.15) is 207 Å². The van der Waals surface area contributed by atoms with E-state index in [1.807, 2.05) is 0 Å². The summed E-state index contributed by atoms with van der Waals surface area (Å²) < 4.78 is 16.6. The fourth-order valence-corrected chi connectivity index (χ4v) is 6.18. The van der Waals surface area contributed by atoms with E-state index in [4.69, 9.17) is 14.2 Å². The van der Waals surface area contributed by atoms with Gasteiger partial charge in [-0.05, 0) is 103 Å². The maximum atomic E-state index is 12.7. The van der Waals surface area contributed by atoms with E-state index in [9.17, 15) is 14.4 Å². The highest BCUT2D eigenvalue weighted by Crippen LogP contribution is 2.12. The van der Waals surface area contributed by atoms with E-state index in [1.165, 1.54) is 32.1 Å². The van der Waals surface area contributed by atoms with Gasteiger partial charge in [0.2, 0.25) is 0 Å². The molecule has 6 heteroatoms. The van der Waals surface area contributed by atoms with Crippen molar-refractivity contribution in [2.45, 2.75) is 213 Å². The molecule has 0 aliphatic carbocycles. The van der Waals surface area contributed by atoms with E-state index in [0.717, 1.165) is 135 Å². The molecular formula is C54H88O6. The quantitative estimate of drug-likeness (QED) is 0.0264. The molecular weight excluding hydrogens is 745 g/mol. The van der Waals surface area contributed by atoms with Crippen molar-refractivity contribution in [2.75, 3.05) is 13.2 Å². The fraction of sp³-hybridized carbons (Fsp3) is 0.648. The summed E-state index contributed by atoms with van der Waals surface area (Å²) in [7, 11) is 0. The number of carbonyl (C=O) groups excluding carboxylic acids is 3. The lowest BCUT2D eigenvalue weighted by atomic mass is 10.1. The second-order valence-corrected chi connectivity index (χ2v) is 15.6. The molecule has 1 atom stereocenters. The van der Waals surface area contributed by atoms with Crippen LogP contribution in [-0.2, 0) is 28.6 Å². The molecule has 0 N–H and O–H groups in total. The zero-order valence-corrected chi connectivity index (χ0v) is 38.7.